The highest BCUT2D eigenvalue weighted by Gasteiger charge is 2.22. The number of rotatable bonds is 4. The first-order valence-electron chi connectivity index (χ1n) is 6.23. The van der Waals surface area contributed by atoms with Crippen LogP contribution in [0.2, 0.25) is 0 Å². The van der Waals surface area contributed by atoms with Crippen LogP contribution in [-0.4, -0.2) is 61.0 Å². The van der Waals surface area contributed by atoms with Gasteiger partial charge in [0, 0.05) is 30.6 Å². The first kappa shape index (κ1) is 14.1. The number of thioether (sulfide) groups is 1. The Morgan fingerprint density at radius 3 is 2.53 bits per heavy atom. The summed E-state index contributed by atoms with van der Waals surface area (Å²) in [6.07, 6.45) is 2.01. The minimum atomic E-state index is 0.0741. The van der Waals surface area contributed by atoms with Gasteiger partial charge in [0.05, 0.1) is 13.1 Å². The molecule has 0 radical (unpaired) electrons. The maximum Gasteiger partial charge on any atom is 0.236 e. The Hall–Kier alpha value is -1.33. The molecule has 1 aliphatic rings. The van der Waals surface area contributed by atoms with Crippen molar-refractivity contribution < 1.29 is 9.59 Å². The molecule has 0 saturated carbocycles. The number of benzene rings is 1. The molecule has 4 nitrogen and oxygen atoms in total. The lowest BCUT2D eigenvalue weighted by molar-refractivity contribution is -0.134. The normalized spacial score (nSPS) is 16.7. The van der Waals surface area contributed by atoms with Crippen molar-refractivity contribution in [1.82, 2.24) is 9.80 Å². The van der Waals surface area contributed by atoms with E-state index in [1.165, 1.54) is 0 Å². The third-order valence-electron chi connectivity index (χ3n) is 3.32. The Kier molecular flexibility index (Phi) is 4.61. The van der Waals surface area contributed by atoms with Crippen molar-refractivity contribution in [2.24, 2.45) is 0 Å². The van der Waals surface area contributed by atoms with Crippen LogP contribution in [0.25, 0.3) is 0 Å². The molecule has 1 fully saturated rings. The summed E-state index contributed by atoms with van der Waals surface area (Å²) in [5, 5.41) is 0. The SMILES string of the molecule is CSc1ccc(C(=O)CN2CCN(C)C(=O)C2)cc1. The average molecular weight is 278 g/mol. The van der Waals surface area contributed by atoms with Crippen LogP contribution in [0.1, 0.15) is 10.4 Å². The van der Waals surface area contributed by atoms with Crippen LogP contribution >= 0.6 is 11.8 Å². The predicted octanol–water partition coefficient (Wildman–Crippen LogP) is 1.37. The fraction of sp³-hybridized carbons (Fsp3) is 0.429. The van der Waals surface area contributed by atoms with Crippen molar-refractivity contribution in [3.63, 3.8) is 0 Å². The summed E-state index contributed by atoms with van der Waals surface area (Å²) in [5.74, 6) is 0.154. The first-order chi connectivity index (χ1) is 9.10. The van der Waals surface area contributed by atoms with E-state index in [1.54, 1.807) is 23.7 Å². The lowest BCUT2D eigenvalue weighted by atomic mass is 10.1. The molecule has 0 spiro atoms. The molecule has 0 aliphatic carbocycles. The van der Waals surface area contributed by atoms with E-state index in [4.69, 9.17) is 0 Å². The molecule has 19 heavy (non-hydrogen) atoms. The van der Waals surface area contributed by atoms with E-state index in [0.717, 1.165) is 11.4 Å². The average Bonchev–Trinajstić information content (AvgIpc) is 2.43. The molecule has 1 saturated heterocycles. The number of amides is 1. The molecule has 0 aromatic heterocycles. The molecule has 1 aromatic rings. The van der Waals surface area contributed by atoms with Crippen molar-refractivity contribution in [2.75, 3.05) is 39.5 Å². The molecule has 1 aromatic carbocycles. The van der Waals surface area contributed by atoms with Crippen LogP contribution < -0.4 is 0 Å². The topological polar surface area (TPSA) is 40.6 Å². The zero-order valence-electron chi connectivity index (χ0n) is 11.3. The number of Topliss-reactive ketones (excluding diaryl/α,β-unsaturated/α-hetero) is 1. The Morgan fingerprint density at radius 2 is 1.95 bits per heavy atom. The summed E-state index contributed by atoms with van der Waals surface area (Å²) in [4.78, 5) is 28.5. The minimum Gasteiger partial charge on any atom is -0.343 e. The number of carbonyl (C=O) groups is 2. The molecule has 0 bridgehead atoms. The highest BCUT2D eigenvalue weighted by atomic mass is 32.2. The van der Waals surface area contributed by atoms with Gasteiger partial charge in [-0.2, -0.15) is 0 Å². The van der Waals surface area contributed by atoms with Gasteiger partial charge >= 0.3 is 0 Å². The van der Waals surface area contributed by atoms with Crippen molar-refractivity contribution in [1.29, 1.82) is 0 Å². The smallest absolute Gasteiger partial charge is 0.236 e. The Bertz CT molecular complexity index is 473. The van der Waals surface area contributed by atoms with Crippen molar-refractivity contribution in [3.05, 3.63) is 29.8 Å². The Balaban J connectivity index is 1.95. The number of hydrogen-bond donors (Lipinski definition) is 0. The monoisotopic (exact) mass is 278 g/mol. The van der Waals surface area contributed by atoms with Gasteiger partial charge in [-0.05, 0) is 18.4 Å². The predicted molar refractivity (Wildman–Crippen MR) is 76.6 cm³/mol. The lowest BCUT2D eigenvalue weighted by Crippen LogP contribution is -2.49. The second-order valence-corrected chi connectivity index (χ2v) is 5.56. The Labute approximate surface area is 117 Å². The van der Waals surface area contributed by atoms with Gasteiger partial charge in [-0.15, -0.1) is 11.8 Å². The maximum absolute atomic E-state index is 12.1. The molecule has 102 valence electrons. The number of hydrogen-bond acceptors (Lipinski definition) is 4. The zero-order chi connectivity index (χ0) is 13.8. The molecule has 5 heteroatoms. The second-order valence-electron chi connectivity index (χ2n) is 4.68. The molecule has 0 unspecified atom stereocenters. The number of likely N-dealkylation sites (N-methyl/N-ethyl adjacent to an activating group) is 1. The fourth-order valence-corrected chi connectivity index (χ4v) is 2.42. The number of ketones is 1. The van der Waals surface area contributed by atoms with Gasteiger partial charge in [-0.25, -0.2) is 0 Å². The van der Waals surface area contributed by atoms with Crippen LogP contribution in [0.15, 0.2) is 29.2 Å². The third kappa shape index (κ3) is 3.58. The van der Waals surface area contributed by atoms with E-state index in [9.17, 15) is 9.59 Å². The summed E-state index contributed by atoms with van der Waals surface area (Å²) in [5.41, 5.74) is 0.712. The summed E-state index contributed by atoms with van der Waals surface area (Å²) in [7, 11) is 1.79. The van der Waals surface area contributed by atoms with Gasteiger partial charge in [-0.1, -0.05) is 12.1 Å². The van der Waals surface area contributed by atoms with Gasteiger partial charge in [-0.3, -0.25) is 14.5 Å². The van der Waals surface area contributed by atoms with E-state index >= 15 is 0 Å². The standard InChI is InChI=1S/C14H18N2O2S/c1-15-7-8-16(10-14(15)18)9-13(17)11-3-5-12(19-2)6-4-11/h3-6H,7-10H2,1-2H3. The van der Waals surface area contributed by atoms with Crippen LogP contribution in [0, 0.1) is 0 Å². The van der Waals surface area contributed by atoms with Gasteiger partial charge in [0.15, 0.2) is 5.78 Å². The van der Waals surface area contributed by atoms with E-state index in [0.29, 0.717) is 25.2 Å². The molecular weight excluding hydrogens is 260 g/mol. The molecule has 1 aliphatic heterocycles. The largest absolute Gasteiger partial charge is 0.343 e. The molecule has 2 rings (SSSR count). The summed E-state index contributed by atoms with van der Waals surface area (Å²) < 4.78 is 0. The Morgan fingerprint density at radius 1 is 1.26 bits per heavy atom. The van der Waals surface area contributed by atoms with Crippen LogP contribution in [0.4, 0.5) is 0 Å². The molecular formula is C14H18N2O2S. The summed E-state index contributed by atoms with van der Waals surface area (Å²) in [6.45, 7) is 2.11. The lowest BCUT2D eigenvalue weighted by Gasteiger charge is -2.31. The molecule has 0 atom stereocenters. The molecule has 1 amide bonds. The van der Waals surface area contributed by atoms with E-state index in [2.05, 4.69) is 0 Å². The first-order valence-corrected chi connectivity index (χ1v) is 7.46. The van der Waals surface area contributed by atoms with Crippen LogP contribution in [0.3, 0.4) is 0 Å². The van der Waals surface area contributed by atoms with Crippen LogP contribution in [0.5, 0.6) is 0 Å². The van der Waals surface area contributed by atoms with Gasteiger partial charge in [0.1, 0.15) is 0 Å². The second kappa shape index (κ2) is 6.21. The van der Waals surface area contributed by atoms with Gasteiger partial charge < -0.3 is 4.90 Å². The van der Waals surface area contributed by atoms with Crippen molar-refractivity contribution in [3.8, 4) is 0 Å². The zero-order valence-corrected chi connectivity index (χ0v) is 12.1. The molecule has 0 N–H and O–H groups in total. The highest BCUT2D eigenvalue weighted by Crippen LogP contribution is 2.15. The van der Waals surface area contributed by atoms with Crippen LogP contribution in [-0.2, 0) is 4.79 Å². The van der Waals surface area contributed by atoms with Crippen molar-refractivity contribution in [2.45, 2.75) is 4.90 Å². The molecule has 1 heterocycles. The van der Waals surface area contributed by atoms with E-state index in [1.807, 2.05) is 35.4 Å². The highest BCUT2D eigenvalue weighted by molar-refractivity contribution is 7.98. The number of carbonyl (C=O) groups excluding carboxylic acids is 2. The van der Waals surface area contributed by atoms with Gasteiger partial charge in [0.25, 0.3) is 0 Å². The summed E-state index contributed by atoms with van der Waals surface area (Å²) >= 11 is 1.65. The van der Waals surface area contributed by atoms with Gasteiger partial charge in [0.2, 0.25) is 5.91 Å². The third-order valence-corrected chi connectivity index (χ3v) is 4.06. The number of piperazine rings is 1. The number of nitrogens with zero attached hydrogens (tertiary/aromatic N) is 2. The minimum absolute atomic E-state index is 0.0741. The quantitative estimate of drug-likeness (QED) is 0.616. The van der Waals surface area contributed by atoms with Crippen molar-refractivity contribution >= 4 is 23.5 Å². The maximum atomic E-state index is 12.1. The van der Waals surface area contributed by atoms with E-state index < -0.39 is 0 Å². The van der Waals surface area contributed by atoms with E-state index in [-0.39, 0.29) is 11.7 Å². The summed E-state index contributed by atoms with van der Waals surface area (Å²) in [6, 6.07) is 7.61. The fourth-order valence-electron chi connectivity index (χ4n) is 2.01.